The number of carbonyl (C=O) groups is 2. The van der Waals surface area contributed by atoms with Gasteiger partial charge in [0, 0.05) is 9.49 Å². The third-order valence-electron chi connectivity index (χ3n) is 3.58. The van der Waals surface area contributed by atoms with Crippen LogP contribution in [0.1, 0.15) is 29.6 Å². The highest BCUT2D eigenvalue weighted by atomic mass is 127. The third kappa shape index (κ3) is 3.08. The highest BCUT2D eigenvalue weighted by Gasteiger charge is 2.35. The van der Waals surface area contributed by atoms with Crippen LogP contribution in [0.2, 0.25) is 0 Å². The summed E-state index contributed by atoms with van der Waals surface area (Å²) in [5.41, 5.74) is 0.561. The van der Waals surface area contributed by atoms with Gasteiger partial charge in [-0.25, -0.2) is 0 Å². The van der Waals surface area contributed by atoms with E-state index >= 15 is 0 Å². The van der Waals surface area contributed by atoms with E-state index in [1.807, 2.05) is 6.07 Å². The minimum atomic E-state index is -0.801. The molecule has 2 rings (SSSR count). The van der Waals surface area contributed by atoms with Gasteiger partial charge in [-0.15, -0.1) is 0 Å². The molecular weight excluding hydrogens is 359 g/mol. The second kappa shape index (κ2) is 5.90. The van der Waals surface area contributed by atoms with Crippen molar-refractivity contribution in [2.45, 2.75) is 19.3 Å². The normalized spacial score (nSPS) is 22.2. The highest BCUT2D eigenvalue weighted by Crippen LogP contribution is 2.35. The van der Waals surface area contributed by atoms with Gasteiger partial charge in [-0.1, -0.05) is 0 Å². The van der Waals surface area contributed by atoms with Gasteiger partial charge < -0.3 is 9.84 Å². The number of benzene rings is 1. The zero-order chi connectivity index (χ0) is 14.0. The summed E-state index contributed by atoms with van der Waals surface area (Å²) < 4.78 is 6.18. The number of carboxylic acid groups (broad SMARTS) is 1. The number of hydrogen-bond acceptors (Lipinski definition) is 3. The molecule has 0 heterocycles. The zero-order valence-electron chi connectivity index (χ0n) is 10.6. The van der Waals surface area contributed by atoms with Crippen LogP contribution < -0.4 is 4.74 Å². The number of halogens is 1. The van der Waals surface area contributed by atoms with Crippen LogP contribution in [0.25, 0.3) is 0 Å². The summed E-state index contributed by atoms with van der Waals surface area (Å²) in [6.07, 6.45) is 1.66. The van der Waals surface area contributed by atoms with Gasteiger partial charge in [0.15, 0.2) is 5.78 Å². The number of carbonyl (C=O) groups excluding carboxylic acids is 1. The van der Waals surface area contributed by atoms with Gasteiger partial charge >= 0.3 is 5.97 Å². The smallest absolute Gasteiger partial charge is 0.306 e. The highest BCUT2D eigenvalue weighted by molar-refractivity contribution is 14.1. The monoisotopic (exact) mass is 374 g/mol. The predicted octanol–water partition coefficient (Wildman–Crippen LogP) is 2.98. The topological polar surface area (TPSA) is 63.6 Å². The lowest BCUT2D eigenvalue weighted by molar-refractivity contribution is -0.141. The van der Waals surface area contributed by atoms with E-state index in [-0.39, 0.29) is 17.6 Å². The Kier molecular flexibility index (Phi) is 4.44. The number of rotatable bonds is 4. The Hall–Kier alpha value is -1.11. The molecule has 0 radical (unpaired) electrons. The van der Waals surface area contributed by atoms with Gasteiger partial charge in [-0.3, -0.25) is 9.59 Å². The molecule has 0 spiro atoms. The van der Waals surface area contributed by atoms with Gasteiger partial charge in [0.25, 0.3) is 0 Å². The minimum absolute atomic E-state index is 0.000819. The Morgan fingerprint density at radius 1 is 1.32 bits per heavy atom. The molecule has 0 aromatic heterocycles. The second-order valence-electron chi connectivity index (χ2n) is 4.75. The Morgan fingerprint density at radius 2 is 2.00 bits per heavy atom. The molecule has 19 heavy (non-hydrogen) atoms. The van der Waals surface area contributed by atoms with E-state index in [0.717, 1.165) is 3.57 Å². The lowest BCUT2D eigenvalue weighted by Gasteiger charge is -2.12. The van der Waals surface area contributed by atoms with Crippen molar-refractivity contribution >= 4 is 34.3 Å². The molecule has 1 fully saturated rings. The van der Waals surface area contributed by atoms with Gasteiger partial charge in [-0.2, -0.15) is 0 Å². The van der Waals surface area contributed by atoms with Crippen molar-refractivity contribution in [3.63, 3.8) is 0 Å². The van der Waals surface area contributed by atoms with E-state index in [0.29, 0.717) is 30.6 Å². The lowest BCUT2D eigenvalue weighted by Crippen LogP contribution is -2.15. The summed E-state index contributed by atoms with van der Waals surface area (Å²) in [7, 11) is 1.54. The standard InChI is InChI=1S/C14H15IO4/c1-19-12-5-4-10(15)7-11(12)13(16)8-2-3-9(6-8)14(17)18/h4-5,7-9H,2-3,6H2,1H3,(H,17,18). The van der Waals surface area contributed by atoms with Crippen LogP contribution in [-0.4, -0.2) is 24.0 Å². The maximum Gasteiger partial charge on any atom is 0.306 e. The molecule has 0 amide bonds. The molecule has 0 aliphatic heterocycles. The van der Waals surface area contributed by atoms with E-state index < -0.39 is 5.97 Å². The van der Waals surface area contributed by atoms with Crippen molar-refractivity contribution < 1.29 is 19.4 Å². The number of aliphatic carboxylic acids is 1. The minimum Gasteiger partial charge on any atom is -0.496 e. The van der Waals surface area contributed by atoms with E-state index in [2.05, 4.69) is 22.6 Å². The van der Waals surface area contributed by atoms with E-state index in [1.54, 1.807) is 12.1 Å². The SMILES string of the molecule is COc1ccc(I)cc1C(=O)C1CCC(C(=O)O)C1. The first-order valence-electron chi connectivity index (χ1n) is 6.13. The fourth-order valence-electron chi connectivity index (χ4n) is 2.54. The molecule has 102 valence electrons. The number of carboxylic acids is 1. The average Bonchev–Trinajstić information content (AvgIpc) is 2.87. The molecule has 0 bridgehead atoms. The first-order valence-corrected chi connectivity index (χ1v) is 7.21. The van der Waals surface area contributed by atoms with Crippen LogP contribution in [0.15, 0.2) is 18.2 Å². The Balaban J connectivity index is 2.21. The molecule has 1 aliphatic rings. The van der Waals surface area contributed by atoms with E-state index in [4.69, 9.17) is 9.84 Å². The predicted molar refractivity (Wildman–Crippen MR) is 78.5 cm³/mol. The molecule has 1 saturated carbocycles. The Labute approximate surface area is 125 Å². The van der Waals surface area contributed by atoms with Crippen LogP contribution in [0.4, 0.5) is 0 Å². The van der Waals surface area contributed by atoms with Crippen LogP contribution >= 0.6 is 22.6 Å². The van der Waals surface area contributed by atoms with E-state index in [1.165, 1.54) is 7.11 Å². The van der Waals surface area contributed by atoms with Crippen LogP contribution in [0, 0.1) is 15.4 Å². The van der Waals surface area contributed by atoms with Gasteiger partial charge in [0.05, 0.1) is 18.6 Å². The largest absolute Gasteiger partial charge is 0.496 e. The maximum atomic E-state index is 12.5. The molecule has 2 atom stereocenters. The molecule has 1 aliphatic carbocycles. The van der Waals surface area contributed by atoms with Crippen molar-refractivity contribution in [1.29, 1.82) is 0 Å². The molecule has 1 N–H and O–H groups in total. The fourth-order valence-corrected chi connectivity index (χ4v) is 3.03. The maximum absolute atomic E-state index is 12.5. The molecule has 4 nitrogen and oxygen atoms in total. The van der Waals surface area contributed by atoms with Crippen LogP contribution in [-0.2, 0) is 4.79 Å². The number of Topliss-reactive ketones (excluding diaryl/α,β-unsaturated/α-hetero) is 1. The molecular formula is C14H15IO4. The van der Waals surface area contributed by atoms with Crippen molar-refractivity contribution in [3.05, 3.63) is 27.3 Å². The molecule has 5 heteroatoms. The Morgan fingerprint density at radius 3 is 2.58 bits per heavy atom. The lowest BCUT2D eigenvalue weighted by atomic mass is 9.94. The summed E-state index contributed by atoms with van der Waals surface area (Å²) in [6.45, 7) is 0. The molecule has 1 aromatic rings. The van der Waals surface area contributed by atoms with Gasteiger partial charge in [-0.05, 0) is 60.1 Å². The zero-order valence-corrected chi connectivity index (χ0v) is 12.7. The van der Waals surface area contributed by atoms with Gasteiger partial charge in [0.1, 0.15) is 5.75 Å². The summed E-state index contributed by atoms with van der Waals surface area (Å²) in [4.78, 5) is 23.4. The van der Waals surface area contributed by atoms with Crippen molar-refractivity contribution in [3.8, 4) is 5.75 Å². The number of hydrogen-bond donors (Lipinski definition) is 1. The summed E-state index contributed by atoms with van der Waals surface area (Å²) in [5, 5.41) is 8.99. The van der Waals surface area contributed by atoms with Crippen molar-refractivity contribution in [2.24, 2.45) is 11.8 Å². The number of ether oxygens (including phenoxy) is 1. The molecule has 2 unspecified atom stereocenters. The first-order chi connectivity index (χ1) is 9.02. The van der Waals surface area contributed by atoms with Crippen LogP contribution in [0.5, 0.6) is 5.75 Å². The number of ketones is 1. The summed E-state index contributed by atoms with van der Waals surface area (Å²) >= 11 is 2.15. The van der Waals surface area contributed by atoms with Crippen molar-refractivity contribution in [1.82, 2.24) is 0 Å². The Bertz CT molecular complexity index is 512. The van der Waals surface area contributed by atoms with Crippen LogP contribution in [0.3, 0.4) is 0 Å². The molecule has 1 aromatic carbocycles. The molecule has 0 saturated heterocycles. The van der Waals surface area contributed by atoms with Gasteiger partial charge in [0.2, 0.25) is 0 Å². The average molecular weight is 374 g/mol. The summed E-state index contributed by atoms with van der Waals surface area (Å²) in [6, 6.07) is 5.46. The van der Waals surface area contributed by atoms with Crippen molar-refractivity contribution in [2.75, 3.05) is 7.11 Å². The second-order valence-corrected chi connectivity index (χ2v) is 6.00. The first kappa shape index (κ1) is 14.3. The summed E-state index contributed by atoms with van der Waals surface area (Å²) in [5.74, 6) is -0.829. The van der Waals surface area contributed by atoms with E-state index in [9.17, 15) is 9.59 Å². The quantitative estimate of drug-likeness (QED) is 0.650. The number of methoxy groups -OCH3 is 1. The fraction of sp³-hybridized carbons (Fsp3) is 0.429. The third-order valence-corrected chi connectivity index (χ3v) is 4.25.